The number of aryl methyl sites for hydroxylation is 1. The van der Waals surface area contributed by atoms with Crippen LogP contribution in [0.1, 0.15) is 15.9 Å². The summed E-state index contributed by atoms with van der Waals surface area (Å²) in [5, 5.41) is 18.7. The molecule has 0 aliphatic heterocycles. The molecule has 2 aromatic carbocycles. The molecule has 4 heteroatoms. The number of phenolic OH excluding ortho intramolecular Hbond substituents is 2. The first kappa shape index (κ1) is 13.9. The topological polar surface area (TPSA) is 60.8 Å². The highest BCUT2D eigenvalue weighted by molar-refractivity contribution is 5.99. The molecule has 20 heavy (non-hydrogen) atoms. The fourth-order valence-corrected chi connectivity index (χ4v) is 1.89. The van der Waals surface area contributed by atoms with Gasteiger partial charge in [0.2, 0.25) is 0 Å². The number of rotatable bonds is 4. The second kappa shape index (κ2) is 5.65. The normalized spacial score (nSPS) is 10.3. The molecule has 0 saturated carbocycles. The highest BCUT2D eigenvalue weighted by Crippen LogP contribution is 2.25. The quantitative estimate of drug-likeness (QED) is 0.663. The Bertz CT molecular complexity index is 620. The van der Waals surface area contributed by atoms with Gasteiger partial charge in [0.15, 0.2) is 17.3 Å². The summed E-state index contributed by atoms with van der Waals surface area (Å²) < 4.78 is 0. The first-order valence-corrected chi connectivity index (χ1v) is 6.30. The van der Waals surface area contributed by atoms with Gasteiger partial charge in [-0.1, -0.05) is 17.7 Å². The summed E-state index contributed by atoms with van der Waals surface area (Å²) in [4.78, 5) is 14.0. The number of hydrogen-bond donors (Lipinski definition) is 2. The molecule has 0 heterocycles. The third-order valence-corrected chi connectivity index (χ3v) is 3.15. The number of benzene rings is 2. The first-order chi connectivity index (χ1) is 9.47. The monoisotopic (exact) mass is 271 g/mol. The van der Waals surface area contributed by atoms with Crippen LogP contribution in [0.2, 0.25) is 0 Å². The van der Waals surface area contributed by atoms with Crippen LogP contribution in [0.5, 0.6) is 11.5 Å². The molecular formula is C16H17NO3. The highest BCUT2D eigenvalue weighted by atomic mass is 16.3. The summed E-state index contributed by atoms with van der Waals surface area (Å²) in [7, 11) is 1.84. The highest BCUT2D eigenvalue weighted by Gasteiger charge is 2.12. The molecule has 0 atom stereocenters. The lowest BCUT2D eigenvalue weighted by Crippen LogP contribution is -2.25. The minimum absolute atomic E-state index is 0.122. The molecule has 0 bridgehead atoms. The van der Waals surface area contributed by atoms with E-state index in [4.69, 9.17) is 0 Å². The fraction of sp³-hybridized carbons (Fsp3) is 0.188. The van der Waals surface area contributed by atoms with Crippen molar-refractivity contribution in [1.82, 2.24) is 0 Å². The van der Waals surface area contributed by atoms with Crippen LogP contribution >= 0.6 is 0 Å². The molecule has 0 aromatic heterocycles. The second-order valence-electron chi connectivity index (χ2n) is 4.82. The van der Waals surface area contributed by atoms with Crippen LogP contribution < -0.4 is 4.90 Å². The number of phenols is 2. The molecule has 104 valence electrons. The van der Waals surface area contributed by atoms with Crippen molar-refractivity contribution >= 4 is 11.5 Å². The average molecular weight is 271 g/mol. The van der Waals surface area contributed by atoms with E-state index >= 15 is 0 Å². The van der Waals surface area contributed by atoms with E-state index in [2.05, 4.69) is 0 Å². The van der Waals surface area contributed by atoms with E-state index in [9.17, 15) is 15.0 Å². The Morgan fingerprint density at radius 1 is 1.05 bits per heavy atom. The number of Topliss-reactive ketones (excluding diaryl/α,β-unsaturated/α-hetero) is 1. The van der Waals surface area contributed by atoms with Gasteiger partial charge < -0.3 is 15.1 Å². The smallest absolute Gasteiger partial charge is 0.182 e. The summed E-state index contributed by atoms with van der Waals surface area (Å²) in [5.41, 5.74) is 2.49. The minimum atomic E-state index is -0.283. The molecule has 0 aliphatic rings. The predicted octanol–water partition coefficient (Wildman–Crippen LogP) is 2.73. The zero-order chi connectivity index (χ0) is 14.7. The molecule has 0 spiro atoms. The standard InChI is InChI=1S/C16H17NO3/c1-11-3-6-13(7-4-11)17(2)10-16(20)12-5-8-14(18)15(19)9-12/h3-9,18-19H,10H2,1-2H3. The lowest BCUT2D eigenvalue weighted by Gasteiger charge is -2.18. The van der Waals surface area contributed by atoms with E-state index in [1.54, 1.807) is 0 Å². The number of aromatic hydroxyl groups is 2. The van der Waals surface area contributed by atoms with Crippen molar-refractivity contribution in [2.75, 3.05) is 18.5 Å². The van der Waals surface area contributed by atoms with Gasteiger partial charge in [-0.2, -0.15) is 0 Å². The largest absolute Gasteiger partial charge is 0.504 e. The maximum Gasteiger partial charge on any atom is 0.182 e. The van der Waals surface area contributed by atoms with Crippen LogP contribution in [0.25, 0.3) is 0 Å². The van der Waals surface area contributed by atoms with Crippen molar-refractivity contribution in [3.8, 4) is 11.5 Å². The Hall–Kier alpha value is -2.49. The third kappa shape index (κ3) is 3.09. The maximum absolute atomic E-state index is 12.1. The van der Waals surface area contributed by atoms with Crippen molar-refractivity contribution < 1.29 is 15.0 Å². The van der Waals surface area contributed by atoms with Gasteiger partial charge in [0.25, 0.3) is 0 Å². The van der Waals surface area contributed by atoms with Gasteiger partial charge in [0.05, 0.1) is 6.54 Å². The Morgan fingerprint density at radius 2 is 1.70 bits per heavy atom. The summed E-state index contributed by atoms with van der Waals surface area (Å²) in [6.45, 7) is 2.21. The van der Waals surface area contributed by atoms with Crippen LogP contribution in [0, 0.1) is 6.92 Å². The van der Waals surface area contributed by atoms with Gasteiger partial charge >= 0.3 is 0 Å². The maximum atomic E-state index is 12.1. The van der Waals surface area contributed by atoms with Crippen LogP contribution in [0.4, 0.5) is 5.69 Å². The van der Waals surface area contributed by atoms with Crippen molar-refractivity contribution in [2.24, 2.45) is 0 Å². The van der Waals surface area contributed by atoms with Crippen LogP contribution in [0.15, 0.2) is 42.5 Å². The summed E-state index contributed by atoms with van der Waals surface area (Å²) in [5.74, 6) is -0.634. The SMILES string of the molecule is Cc1ccc(N(C)CC(=O)c2ccc(O)c(O)c2)cc1. The number of carbonyl (C=O) groups excluding carboxylic acids is 1. The molecule has 0 radical (unpaired) electrons. The van der Waals surface area contributed by atoms with Crippen LogP contribution in [-0.2, 0) is 0 Å². The van der Waals surface area contributed by atoms with E-state index in [0.29, 0.717) is 5.56 Å². The number of anilines is 1. The Morgan fingerprint density at radius 3 is 2.30 bits per heavy atom. The van der Waals surface area contributed by atoms with Gasteiger partial charge in [-0.05, 0) is 37.3 Å². The zero-order valence-electron chi connectivity index (χ0n) is 11.5. The van der Waals surface area contributed by atoms with Gasteiger partial charge in [0, 0.05) is 18.3 Å². The van der Waals surface area contributed by atoms with E-state index in [-0.39, 0.29) is 23.8 Å². The first-order valence-electron chi connectivity index (χ1n) is 6.30. The number of hydrogen-bond acceptors (Lipinski definition) is 4. The average Bonchev–Trinajstić information content (AvgIpc) is 2.42. The molecule has 4 nitrogen and oxygen atoms in total. The van der Waals surface area contributed by atoms with E-state index < -0.39 is 0 Å². The van der Waals surface area contributed by atoms with Gasteiger partial charge in [-0.15, -0.1) is 0 Å². The molecule has 0 aliphatic carbocycles. The van der Waals surface area contributed by atoms with Crippen molar-refractivity contribution in [3.05, 3.63) is 53.6 Å². The molecule has 0 unspecified atom stereocenters. The molecule has 2 aromatic rings. The number of nitrogens with zero attached hydrogens (tertiary/aromatic N) is 1. The van der Waals surface area contributed by atoms with Crippen molar-refractivity contribution in [3.63, 3.8) is 0 Å². The Balaban J connectivity index is 2.10. The van der Waals surface area contributed by atoms with E-state index in [1.807, 2.05) is 43.1 Å². The minimum Gasteiger partial charge on any atom is -0.504 e. The number of ketones is 1. The number of likely N-dealkylation sites (N-methyl/N-ethyl adjacent to an activating group) is 1. The fourth-order valence-electron chi connectivity index (χ4n) is 1.89. The summed E-state index contributed by atoms with van der Waals surface area (Å²) in [6, 6.07) is 12.0. The van der Waals surface area contributed by atoms with Crippen LogP contribution in [-0.4, -0.2) is 29.6 Å². The van der Waals surface area contributed by atoms with Gasteiger partial charge in [-0.25, -0.2) is 0 Å². The molecule has 2 N–H and O–H groups in total. The predicted molar refractivity (Wildman–Crippen MR) is 78.6 cm³/mol. The van der Waals surface area contributed by atoms with E-state index in [1.165, 1.54) is 18.2 Å². The zero-order valence-corrected chi connectivity index (χ0v) is 11.5. The van der Waals surface area contributed by atoms with Gasteiger partial charge in [-0.3, -0.25) is 4.79 Å². The Labute approximate surface area is 117 Å². The number of carbonyl (C=O) groups is 1. The molecule has 0 fully saturated rings. The third-order valence-electron chi connectivity index (χ3n) is 3.15. The lowest BCUT2D eigenvalue weighted by molar-refractivity contribution is 0.1000. The molecular weight excluding hydrogens is 254 g/mol. The summed E-state index contributed by atoms with van der Waals surface area (Å²) >= 11 is 0. The second-order valence-corrected chi connectivity index (χ2v) is 4.82. The molecule has 2 rings (SSSR count). The van der Waals surface area contributed by atoms with Crippen molar-refractivity contribution in [2.45, 2.75) is 6.92 Å². The van der Waals surface area contributed by atoms with Crippen molar-refractivity contribution in [1.29, 1.82) is 0 Å². The Kier molecular flexibility index (Phi) is 3.94. The van der Waals surface area contributed by atoms with Crippen LogP contribution in [0.3, 0.4) is 0 Å². The summed E-state index contributed by atoms with van der Waals surface area (Å²) in [6.07, 6.45) is 0. The van der Waals surface area contributed by atoms with E-state index in [0.717, 1.165) is 11.3 Å². The lowest BCUT2D eigenvalue weighted by atomic mass is 10.1. The van der Waals surface area contributed by atoms with Gasteiger partial charge in [0.1, 0.15) is 0 Å². The molecule has 0 amide bonds. The molecule has 0 saturated heterocycles.